The molecule has 7 heteroatoms. The fraction of sp³-hybridized carbons (Fsp3) is 0.375. The summed E-state index contributed by atoms with van der Waals surface area (Å²) >= 11 is 5.96. The Bertz CT molecular complexity index is 495. The Hall–Kier alpha value is -0.880. The van der Waals surface area contributed by atoms with Gasteiger partial charge < -0.3 is 5.32 Å². The highest BCUT2D eigenvalue weighted by molar-refractivity contribution is 8.93. The minimum absolute atomic E-state index is 0. The lowest BCUT2D eigenvalue weighted by atomic mass is 10.2. The molecule has 0 amide bonds. The third-order valence-corrected chi connectivity index (χ3v) is 2.62. The molecular weight excluding hydrogens is 281 g/mol. The first-order valence-corrected chi connectivity index (χ1v) is 4.58. The smallest absolute Gasteiger partial charge is 0.245 e. The van der Waals surface area contributed by atoms with Crippen molar-refractivity contribution in [1.29, 1.82) is 0 Å². The van der Waals surface area contributed by atoms with E-state index in [1.807, 2.05) is 13.8 Å². The molecule has 0 aliphatic carbocycles. The van der Waals surface area contributed by atoms with Crippen LogP contribution >= 0.6 is 28.6 Å². The maximum Gasteiger partial charge on any atom is 0.245 e. The molecule has 1 N–H and O–H groups in total. The van der Waals surface area contributed by atoms with Crippen molar-refractivity contribution in [3.63, 3.8) is 0 Å². The van der Waals surface area contributed by atoms with E-state index >= 15 is 0 Å². The van der Waals surface area contributed by atoms with Gasteiger partial charge >= 0.3 is 0 Å². The standard InChI is InChI=1S/C8H10ClN5.BrH/c1-4-5(2)7-11-12-8(10-3)14(7)13-6(4)9;/h1-3H3,(H,10,12);1H. The Morgan fingerprint density at radius 3 is 2.47 bits per heavy atom. The minimum Gasteiger partial charge on any atom is -0.356 e. The van der Waals surface area contributed by atoms with Crippen LogP contribution in [-0.4, -0.2) is 26.9 Å². The van der Waals surface area contributed by atoms with Crippen molar-refractivity contribution in [1.82, 2.24) is 19.8 Å². The highest BCUT2D eigenvalue weighted by Gasteiger charge is 2.11. The predicted octanol–water partition coefficient (Wildman–Crippen LogP) is 2.01. The van der Waals surface area contributed by atoms with Gasteiger partial charge in [0.05, 0.1) is 0 Å². The summed E-state index contributed by atoms with van der Waals surface area (Å²) in [5.74, 6) is 0.588. The first-order chi connectivity index (χ1) is 6.65. The van der Waals surface area contributed by atoms with E-state index in [0.717, 1.165) is 16.8 Å². The van der Waals surface area contributed by atoms with Crippen molar-refractivity contribution in [2.24, 2.45) is 0 Å². The summed E-state index contributed by atoms with van der Waals surface area (Å²) < 4.78 is 1.60. The van der Waals surface area contributed by atoms with Crippen LogP contribution in [0.5, 0.6) is 0 Å². The van der Waals surface area contributed by atoms with E-state index in [1.54, 1.807) is 11.6 Å². The Morgan fingerprint density at radius 1 is 1.20 bits per heavy atom. The van der Waals surface area contributed by atoms with Gasteiger partial charge in [-0.2, -0.15) is 9.61 Å². The number of anilines is 1. The van der Waals surface area contributed by atoms with Gasteiger partial charge in [0.25, 0.3) is 0 Å². The van der Waals surface area contributed by atoms with E-state index in [2.05, 4.69) is 20.6 Å². The highest BCUT2D eigenvalue weighted by Crippen LogP contribution is 2.20. The molecule has 0 radical (unpaired) electrons. The maximum absolute atomic E-state index is 5.96. The Morgan fingerprint density at radius 2 is 1.87 bits per heavy atom. The molecule has 2 aromatic heterocycles. The molecule has 0 aliphatic heterocycles. The van der Waals surface area contributed by atoms with Crippen LogP contribution in [0.1, 0.15) is 11.1 Å². The average Bonchev–Trinajstić information content (AvgIpc) is 2.57. The lowest BCUT2D eigenvalue weighted by molar-refractivity contribution is 0.915. The van der Waals surface area contributed by atoms with E-state index in [-0.39, 0.29) is 17.0 Å². The third kappa shape index (κ3) is 1.79. The van der Waals surface area contributed by atoms with E-state index in [4.69, 9.17) is 11.6 Å². The van der Waals surface area contributed by atoms with E-state index < -0.39 is 0 Å². The normalized spacial score (nSPS) is 10.1. The molecule has 82 valence electrons. The third-order valence-electron chi connectivity index (χ3n) is 2.26. The summed E-state index contributed by atoms with van der Waals surface area (Å²) in [6.45, 7) is 3.87. The molecule has 0 saturated carbocycles. The second-order valence-corrected chi connectivity index (χ2v) is 3.41. The largest absolute Gasteiger partial charge is 0.356 e. The number of aryl methyl sites for hydroxylation is 1. The quantitative estimate of drug-likeness (QED) is 0.873. The van der Waals surface area contributed by atoms with Gasteiger partial charge in [-0.3, -0.25) is 0 Å². The second-order valence-electron chi connectivity index (χ2n) is 3.05. The minimum atomic E-state index is 0. The zero-order valence-corrected chi connectivity index (χ0v) is 11.0. The average molecular weight is 293 g/mol. The van der Waals surface area contributed by atoms with Gasteiger partial charge in [-0.15, -0.1) is 27.2 Å². The van der Waals surface area contributed by atoms with Crippen molar-refractivity contribution in [3.05, 3.63) is 16.3 Å². The summed E-state index contributed by atoms with van der Waals surface area (Å²) in [7, 11) is 1.77. The number of aromatic nitrogens is 4. The van der Waals surface area contributed by atoms with Crippen LogP contribution in [0.3, 0.4) is 0 Å². The molecule has 2 rings (SSSR count). The number of nitrogens with zero attached hydrogens (tertiary/aromatic N) is 4. The van der Waals surface area contributed by atoms with Crippen molar-refractivity contribution in [2.75, 3.05) is 12.4 Å². The monoisotopic (exact) mass is 291 g/mol. The predicted molar refractivity (Wildman–Crippen MR) is 65.1 cm³/mol. The molecule has 0 bridgehead atoms. The van der Waals surface area contributed by atoms with Crippen LogP contribution in [0.25, 0.3) is 5.65 Å². The Balaban J connectivity index is 0.00000112. The number of hydrogen-bond acceptors (Lipinski definition) is 4. The van der Waals surface area contributed by atoms with E-state index in [9.17, 15) is 0 Å². The molecule has 0 saturated heterocycles. The number of halogens is 2. The fourth-order valence-electron chi connectivity index (χ4n) is 1.25. The molecule has 0 unspecified atom stereocenters. The zero-order chi connectivity index (χ0) is 10.3. The van der Waals surface area contributed by atoms with Gasteiger partial charge in [0.15, 0.2) is 10.8 Å². The lowest BCUT2D eigenvalue weighted by Crippen LogP contribution is -2.02. The van der Waals surface area contributed by atoms with Gasteiger partial charge in [0, 0.05) is 12.6 Å². The Kier molecular flexibility index (Phi) is 3.51. The van der Waals surface area contributed by atoms with Gasteiger partial charge in [0.1, 0.15) is 0 Å². The fourth-order valence-corrected chi connectivity index (χ4v) is 1.47. The van der Waals surface area contributed by atoms with Crippen molar-refractivity contribution >= 4 is 40.2 Å². The van der Waals surface area contributed by atoms with Gasteiger partial charge in [-0.1, -0.05) is 11.6 Å². The summed E-state index contributed by atoms with van der Waals surface area (Å²) in [5.41, 5.74) is 2.67. The summed E-state index contributed by atoms with van der Waals surface area (Å²) in [5, 5.41) is 15.5. The molecule has 0 spiro atoms. The summed E-state index contributed by atoms with van der Waals surface area (Å²) in [6.07, 6.45) is 0. The van der Waals surface area contributed by atoms with Crippen molar-refractivity contribution < 1.29 is 0 Å². The van der Waals surface area contributed by atoms with Crippen LogP contribution in [0.2, 0.25) is 5.15 Å². The van der Waals surface area contributed by atoms with Crippen molar-refractivity contribution in [3.8, 4) is 0 Å². The number of nitrogens with one attached hydrogen (secondary N) is 1. The van der Waals surface area contributed by atoms with Crippen molar-refractivity contribution in [2.45, 2.75) is 13.8 Å². The number of rotatable bonds is 1. The number of fused-ring (bicyclic) bond motifs is 1. The van der Waals surface area contributed by atoms with Gasteiger partial charge in [-0.05, 0) is 19.4 Å². The summed E-state index contributed by atoms with van der Waals surface area (Å²) in [4.78, 5) is 0. The van der Waals surface area contributed by atoms with Gasteiger partial charge in [-0.25, -0.2) is 0 Å². The molecule has 0 fully saturated rings. The lowest BCUT2D eigenvalue weighted by Gasteiger charge is -2.04. The highest BCUT2D eigenvalue weighted by atomic mass is 79.9. The SMILES string of the molecule is Br.CNc1nnc2c(C)c(C)c(Cl)nn12. The molecule has 5 nitrogen and oxygen atoms in total. The maximum atomic E-state index is 5.96. The molecule has 0 aromatic carbocycles. The topological polar surface area (TPSA) is 55.1 Å². The Labute approximate surface area is 103 Å². The van der Waals surface area contributed by atoms with Crippen LogP contribution in [-0.2, 0) is 0 Å². The number of hydrogen-bond donors (Lipinski definition) is 1. The van der Waals surface area contributed by atoms with Crippen LogP contribution < -0.4 is 5.32 Å². The van der Waals surface area contributed by atoms with E-state index in [0.29, 0.717) is 11.1 Å². The molecule has 0 aliphatic rings. The molecule has 15 heavy (non-hydrogen) atoms. The van der Waals surface area contributed by atoms with Crippen LogP contribution in [0.4, 0.5) is 5.95 Å². The first-order valence-electron chi connectivity index (χ1n) is 4.21. The molecule has 2 heterocycles. The van der Waals surface area contributed by atoms with Gasteiger partial charge in [0.2, 0.25) is 5.95 Å². The molecule has 2 aromatic rings. The molecule has 0 atom stereocenters. The first kappa shape index (κ1) is 12.2. The van der Waals surface area contributed by atoms with Crippen LogP contribution in [0.15, 0.2) is 0 Å². The second kappa shape index (κ2) is 4.32. The van der Waals surface area contributed by atoms with E-state index in [1.165, 1.54) is 0 Å². The molecular formula is C8H11BrClN5. The van der Waals surface area contributed by atoms with Crippen LogP contribution in [0, 0.1) is 13.8 Å². The summed E-state index contributed by atoms with van der Waals surface area (Å²) in [6, 6.07) is 0. The zero-order valence-electron chi connectivity index (χ0n) is 8.58.